The predicted octanol–water partition coefficient (Wildman–Crippen LogP) is 32.3. The summed E-state index contributed by atoms with van der Waals surface area (Å²) in [6, 6.07) is 70.8. The second kappa shape index (κ2) is 75.3. The number of ether oxygens (including phenoxy) is 5. The van der Waals surface area contributed by atoms with Crippen LogP contribution in [0.2, 0.25) is 0 Å². The van der Waals surface area contributed by atoms with Crippen LogP contribution in [0, 0.1) is 77.9 Å². The zero-order valence-electron chi connectivity index (χ0n) is 80.6. The lowest BCUT2D eigenvalue weighted by Gasteiger charge is -2.40. The average molecular weight is 1610 g/mol. The maximum Gasteiger partial charge on any atom is 0.0701 e. The van der Waals surface area contributed by atoms with Crippen molar-refractivity contribution < 1.29 is 23.7 Å². The topological polar surface area (TPSA) is 46.2 Å². The fourth-order valence-electron chi connectivity index (χ4n) is 16.7. The average Bonchev–Trinajstić information content (AvgIpc) is 0.842. The van der Waals surface area contributed by atoms with Gasteiger partial charge in [0.25, 0.3) is 0 Å². The maximum atomic E-state index is 5.20. The Labute approximate surface area is 726 Å². The monoisotopic (exact) mass is 1610 g/mol. The van der Waals surface area contributed by atoms with Crippen molar-refractivity contribution in [2.45, 2.75) is 319 Å². The van der Waals surface area contributed by atoms with Crippen LogP contribution >= 0.6 is 0 Å². The van der Waals surface area contributed by atoms with Gasteiger partial charge in [0.1, 0.15) is 0 Å². The van der Waals surface area contributed by atoms with Crippen molar-refractivity contribution in [3.05, 3.63) is 250 Å². The third kappa shape index (κ3) is 59.7. The van der Waals surface area contributed by atoms with E-state index in [4.69, 9.17) is 23.7 Å². The van der Waals surface area contributed by atoms with Crippen LogP contribution in [0.4, 0.5) is 0 Å². The quantitative estimate of drug-likeness (QED) is 0.0384. The maximum absolute atomic E-state index is 5.20. The number of hydrogen-bond acceptors (Lipinski definition) is 5. The molecule has 7 aromatic rings. The summed E-state index contributed by atoms with van der Waals surface area (Å²) in [7, 11) is 3.34. The Morgan fingerprint density at radius 2 is 0.547 bits per heavy atom. The second-order valence-electron chi connectivity index (χ2n) is 35.5. The van der Waals surface area contributed by atoms with Crippen LogP contribution in [-0.4, -0.2) is 67.1 Å². The van der Waals surface area contributed by atoms with E-state index in [1.807, 2.05) is 27.7 Å². The Kier molecular flexibility index (Phi) is 71.7. The van der Waals surface area contributed by atoms with Crippen LogP contribution in [0.25, 0.3) is 0 Å². The van der Waals surface area contributed by atoms with E-state index in [0.717, 1.165) is 118 Å². The van der Waals surface area contributed by atoms with E-state index in [0.29, 0.717) is 56.7 Å². The fraction of sp³-hybridized carbons (Fsp3) is 0.625. The Hall–Kier alpha value is -5.66. The van der Waals surface area contributed by atoms with Gasteiger partial charge in [0.05, 0.1) is 39.6 Å². The van der Waals surface area contributed by atoms with Crippen molar-refractivity contribution in [2.24, 2.45) is 71.0 Å². The molecule has 0 N–H and O–H groups in total. The molecule has 117 heavy (non-hydrogen) atoms. The van der Waals surface area contributed by atoms with E-state index in [9.17, 15) is 0 Å². The van der Waals surface area contributed by atoms with Crippen LogP contribution in [-0.2, 0) is 62.2 Å². The van der Waals surface area contributed by atoms with Gasteiger partial charge in [-0.3, -0.25) is 0 Å². The van der Waals surface area contributed by atoms with Gasteiger partial charge in [-0.2, -0.15) is 0 Å². The van der Waals surface area contributed by atoms with E-state index in [1.165, 1.54) is 159 Å². The van der Waals surface area contributed by atoms with Gasteiger partial charge in [-0.1, -0.05) is 423 Å². The minimum Gasteiger partial charge on any atom is -0.382 e. The first-order valence-corrected chi connectivity index (χ1v) is 47.5. The van der Waals surface area contributed by atoms with Gasteiger partial charge in [0, 0.05) is 27.4 Å². The molecule has 0 aromatic heterocycles. The van der Waals surface area contributed by atoms with Gasteiger partial charge >= 0.3 is 0 Å². The zero-order chi connectivity index (χ0) is 87.1. The molecule has 10 rings (SSSR count). The number of methoxy groups -OCH3 is 2. The first kappa shape index (κ1) is 111. The molecule has 0 aliphatic heterocycles. The zero-order valence-corrected chi connectivity index (χ0v) is 80.6. The molecular formula is C112H184O5. The highest BCUT2D eigenvalue weighted by Crippen LogP contribution is 2.42. The lowest BCUT2D eigenvalue weighted by molar-refractivity contribution is 0.0250. The van der Waals surface area contributed by atoms with Crippen molar-refractivity contribution in [1.82, 2.24) is 0 Å². The SMILES string of the molecule is CC.CC.CC(C)C1CCCC(C(C)C)C1C.CC(C)Cc1ccccc1.CC(C)Cc1ccccc1.CC(CC1CCCCC1)CC1CCCCC1.CC(Cc1ccccc1)Cc1ccccc1.CC(Cc1ccccc1)Cc1ccccc1.CCCOCCOC.CCCOCCOCCOC.Cc1c(C(C)C)cccc1C(C)C. The van der Waals surface area contributed by atoms with Crippen molar-refractivity contribution in [3.63, 3.8) is 0 Å². The molecule has 7 aromatic carbocycles. The number of benzene rings is 7. The van der Waals surface area contributed by atoms with Crippen LogP contribution in [0.5, 0.6) is 0 Å². The Morgan fingerprint density at radius 1 is 0.291 bits per heavy atom. The highest BCUT2D eigenvalue weighted by molar-refractivity contribution is 5.37. The largest absolute Gasteiger partial charge is 0.382 e. The molecule has 2 unspecified atom stereocenters. The third-order valence-corrected chi connectivity index (χ3v) is 22.3. The minimum absolute atomic E-state index is 0.638. The van der Waals surface area contributed by atoms with E-state index in [2.05, 4.69) is 332 Å². The number of rotatable bonds is 33. The Morgan fingerprint density at radius 3 is 0.786 bits per heavy atom. The van der Waals surface area contributed by atoms with Crippen LogP contribution in [0.15, 0.2) is 200 Å². The predicted molar refractivity (Wildman–Crippen MR) is 519 cm³/mol. The summed E-state index contributed by atoms with van der Waals surface area (Å²) in [6.45, 7) is 57.4. The van der Waals surface area contributed by atoms with Gasteiger partial charge in [-0.15, -0.1) is 0 Å². The summed E-state index contributed by atoms with van der Waals surface area (Å²) in [6.07, 6.45) is 31.9. The number of hydrogen-bond donors (Lipinski definition) is 0. The highest BCUT2D eigenvalue weighted by atomic mass is 16.5. The molecule has 0 bridgehead atoms. The van der Waals surface area contributed by atoms with E-state index in [1.54, 1.807) is 14.2 Å². The molecule has 662 valence electrons. The molecule has 2 atom stereocenters. The van der Waals surface area contributed by atoms with Gasteiger partial charge in [0.2, 0.25) is 0 Å². The van der Waals surface area contributed by atoms with Crippen molar-refractivity contribution in [2.75, 3.05) is 67.1 Å². The molecule has 0 amide bonds. The third-order valence-electron chi connectivity index (χ3n) is 22.3. The Balaban J connectivity index is 0.00000130. The molecule has 0 heterocycles. The minimum atomic E-state index is 0.638. The molecule has 0 saturated heterocycles. The molecular weight excluding hydrogens is 1430 g/mol. The van der Waals surface area contributed by atoms with E-state index < -0.39 is 0 Å². The first-order valence-electron chi connectivity index (χ1n) is 47.5. The smallest absolute Gasteiger partial charge is 0.0701 e. The molecule has 3 saturated carbocycles. The van der Waals surface area contributed by atoms with Gasteiger partial charge in [-0.05, 0) is 217 Å². The lowest BCUT2D eigenvalue weighted by Crippen LogP contribution is -2.32. The molecule has 3 aliphatic carbocycles. The Bertz CT molecular complexity index is 2860. The van der Waals surface area contributed by atoms with Gasteiger partial charge in [0.15, 0.2) is 0 Å². The summed E-state index contributed by atoms with van der Waals surface area (Å²) < 4.78 is 25.0. The highest BCUT2D eigenvalue weighted by Gasteiger charge is 2.33. The standard InChI is InChI=1S/C16H30.2C16H18.C13H26.C13H20.2C10H14.C8H18O3.C6H14O2.2C2H6/c3*1-14(12-15-8-4-2-5-9-15)13-16-10-6-3-7-11-16;2*1-9(2)12-7-6-8-13(10(3)4)11(12)5;2*1-9(2)8-10-6-4-3-5-7-10;1-3-4-10-7-8-11-6-5-9-2;1-3-4-8-6-5-7-2;2*1-2/h14-16H,2-13H2,1H3;2*2-11,14H,12-13H2,1H3;9-13H,6-8H2,1-5H3;6-10H,1-5H3;2*3-7,9H,8H2,1-2H3;3-8H2,1-2H3;3-6H2,1-2H3;2*1-2H3. The molecule has 3 aliphatic rings. The molecule has 5 heteroatoms. The fourth-order valence-corrected chi connectivity index (χ4v) is 16.7. The molecule has 5 nitrogen and oxygen atoms in total. The first-order chi connectivity index (χ1) is 56.5. The van der Waals surface area contributed by atoms with Gasteiger partial charge in [-0.25, -0.2) is 0 Å². The second-order valence-corrected chi connectivity index (χ2v) is 35.5. The van der Waals surface area contributed by atoms with E-state index >= 15 is 0 Å². The molecule has 3 fully saturated rings. The molecule has 0 radical (unpaired) electrons. The van der Waals surface area contributed by atoms with Crippen molar-refractivity contribution in [3.8, 4) is 0 Å². The van der Waals surface area contributed by atoms with Crippen LogP contribution < -0.4 is 0 Å². The summed E-state index contributed by atoms with van der Waals surface area (Å²) in [5.41, 5.74) is 13.1. The summed E-state index contributed by atoms with van der Waals surface area (Å²) in [5.74, 6) is 12.1. The van der Waals surface area contributed by atoms with Crippen molar-refractivity contribution in [1.29, 1.82) is 0 Å². The summed E-state index contributed by atoms with van der Waals surface area (Å²) in [5, 5.41) is 0. The normalized spacial score (nSPS) is 15.1. The molecule has 0 spiro atoms. The summed E-state index contributed by atoms with van der Waals surface area (Å²) in [4.78, 5) is 0. The lowest BCUT2D eigenvalue weighted by atomic mass is 9.65. The van der Waals surface area contributed by atoms with Crippen molar-refractivity contribution >= 4 is 0 Å². The van der Waals surface area contributed by atoms with E-state index in [-0.39, 0.29) is 0 Å². The van der Waals surface area contributed by atoms with Gasteiger partial charge < -0.3 is 23.7 Å². The van der Waals surface area contributed by atoms with Crippen LogP contribution in [0.1, 0.15) is 323 Å². The van der Waals surface area contributed by atoms with Crippen LogP contribution in [0.3, 0.4) is 0 Å². The summed E-state index contributed by atoms with van der Waals surface area (Å²) >= 11 is 0.